The average molecular weight is 382 g/mol. The van der Waals surface area contributed by atoms with Crippen molar-refractivity contribution in [3.05, 3.63) is 11.1 Å². The lowest BCUT2D eigenvalue weighted by Crippen LogP contribution is -2.49. The summed E-state index contributed by atoms with van der Waals surface area (Å²) in [5.74, 6) is 0. The van der Waals surface area contributed by atoms with Gasteiger partial charge in [-0.3, -0.25) is 0 Å². The zero-order valence-corrected chi connectivity index (χ0v) is 20.3. The van der Waals surface area contributed by atoms with Gasteiger partial charge in [0.15, 0.2) is 16.6 Å². The van der Waals surface area contributed by atoms with Crippen LogP contribution in [0.1, 0.15) is 61.3 Å². The van der Waals surface area contributed by atoms with Crippen LogP contribution in [-0.4, -0.2) is 28.8 Å². The van der Waals surface area contributed by atoms with E-state index in [1.807, 2.05) is 0 Å². The molecule has 0 aromatic carbocycles. The third kappa shape index (κ3) is 5.29. The van der Waals surface area contributed by atoms with Crippen molar-refractivity contribution in [2.45, 2.75) is 110 Å². The molecule has 25 heavy (non-hydrogen) atoms. The Morgan fingerprint density at radius 1 is 0.920 bits per heavy atom. The molecule has 1 rings (SSSR count). The molecule has 0 heterocycles. The quantitative estimate of drug-likeness (QED) is 0.529. The molecular formula is C20H39NO2Si2. The molecule has 2 atom stereocenters. The topological polar surface area (TPSA) is 42.2 Å². The fourth-order valence-corrected chi connectivity index (χ4v) is 5.27. The molecule has 144 valence electrons. The van der Waals surface area contributed by atoms with Crippen LogP contribution in [0.25, 0.3) is 0 Å². The molecule has 0 aliphatic heterocycles. The first-order valence-corrected chi connectivity index (χ1v) is 15.3. The number of nitriles is 1. The van der Waals surface area contributed by atoms with Crippen molar-refractivity contribution >= 4 is 16.6 Å². The van der Waals surface area contributed by atoms with Crippen molar-refractivity contribution < 1.29 is 8.85 Å². The third-order valence-electron chi connectivity index (χ3n) is 6.51. The number of rotatable bonds is 4. The average Bonchev–Trinajstić information content (AvgIpc) is 2.38. The van der Waals surface area contributed by atoms with Gasteiger partial charge in [-0.2, -0.15) is 5.26 Å². The van der Waals surface area contributed by atoms with Crippen LogP contribution in [-0.2, 0) is 8.85 Å². The maximum Gasteiger partial charge on any atom is 0.192 e. The van der Waals surface area contributed by atoms with Gasteiger partial charge in [0.2, 0.25) is 0 Å². The van der Waals surface area contributed by atoms with Crippen LogP contribution < -0.4 is 0 Å². The summed E-state index contributed by atoms with van der Waals surface area (Å²) in [6.45, 7) is 24.8. The summed E-state index contributed by atoms with van der Waals surface area (Å²) in [6, 6.07) is 2.41. The Bertz CT molecular complexity index is 560. The van der Waals surface area contributed by atoms with Gasteiger partial charge in [0.05, 0.1) is 18.3 Å². The van der Waals surface area contributed by atoms with E-state index >= 15 is 0 Å². The highest BCUT2D eigenvalue weighted by Crippen LogP contribution is 2.43. The van der Waals surface area contributed by atoms with Crippen LogP contribution in [0, 0.1) is 11.3 Å². The number of hydrogen-bond donors (Lipinski definition) is 0. The minimum atomic E-state index is -1.89. The molecule has 2 unspecified atom stereocenters. The van der Waals surface area contributed by atoms with Crippen molar-refractivity contribution in [2.75, 3.05) is 0 Å². The molecule has 0 bridgehead atoms. The number of nitrogens with zero attached hydrogens (tertiary/aromatic N) is 1. The molecule has 3 nitrogen and oxygen atoms in total. The Labute approximate surface area is 158 Å². The van der Waals surface area contributed by atoms with Crippen molar-refractivity contribution in [3.8, 4) is 6.07 Å². The molecule has 0 fully saturated rings. The summed E-state index contributed by atoms with van der Waals surface area (Å²) in [4.78, 5) is 0. The van der Waals surface area contributed by atoms with Crippen LogP contribution in [0.2, 0.25) is 36.3 Å². The van der Waals surface area contributed by atoms with E-state index in [2.05, 4.69) is 80.7 Å². The van der Waals surface area contributed by atoms with Crippen molar-refractivity contribution in [3.63, 3.8) is 0 Å². The van der Waals surface area contributed by atoms with Gasteiger partial charge >= 0.3 is 0 Å². The van der Waals surface area contributed by atoms with Crippen molar-refractivity contribution in [2.24, 2.45) is 0 Å². The molecule has 1 aliphatic rings. The lowest BCUT2D eigenvalue weighted by atomic mass is 9.89. The van der Waals surface area contributed by atoms with Gasteiger partial charge in [-0.25, -0.2) is 0 Å². The highest BCUT2D eigenvalue weighted by Gasteiger charge is 2.44. The Morgan fingerprint density at radius 3 is 1.76 bits per heavy atom. The second-order valence-corrected chi connectivity index (χ2v) is 20.1. The molecule has 0 saturated heterocycles. The standard InChI is InChI=1S/C20H39NO2Si2/c1-15-16(14-21)12-17(22-24(8,9)19(2,3)4)13-18(15)23-25(10,11)20(5,6)7/h17-18H,12-13H2,1-11H3. The summed E-state index contributed by atoms with van der Waals surface area (Å²) in [5, 5.41) is 9.95. The Morgan fingerprint density at radius 2 is 1.36 bits per heavy atom. The van der Waals surface area contributed by atoms with Gasteiger partial charge in [-0.05, 0) is 48.8 Å². The first-order chi connectivity index (χ1) is 11.0. The summed E-state index contributed by atoms with van der Waals surface area (Å²) >= 11 is 0. The van der Waals surface area contributed by atoms with Crippen LogP contribution in [0.5, 0.6) is 0 Å². The lowest BCUT2D eigenvalue weighted by Gasteiger charge is -2.44. The molecule has 5 heteroatoms. The van der Waals surface area contributed by atoms with E-state index in [1.54, 1.807) is 0 Å². The number of hydrogen-bond acceptors (Lipinski definition) is 3. The molecule has 0 amide bonds. The van der Waals surface area contributed by atoms with E-state index in [-0.39, 0.29) is 22.3 Å². The Hall–Kier alpha value is -0.416. The molecule has 0 saturated carbocycles. The minimum absolute atomic E-state index is 0.0130. The fourth-order valence-electron chi connectivity index (χ4n) is 2.57. The molecule has 0 radical (unpaired) electrons. The maximum absolute atomic E-state index is 9.62. The van der Waals surface area contributed by atoms with Gasteiger partial charge in [0, 0.05) is 18.4 Å². The predicted octanol–water partition coefficient (Wildman–Crippen LogP) is 6.40. The summed E-state index contributed by atoms with van der Waals surface area (Å²) < 4.78 is 13.3. The smallest absolute Gasteiger partial charge is 0.192 e. The molecular weight excluding hydrogens is 342 g/mol. The fraction of sp³-hybridized carbons (Fsp3) is 0.850. The monoisotopic (exact) mass is 381 g/mol. The van der Waals surface area contributed by atoms with E-state index in [9.17, 15) is 5.26 Å². The summed E-state index contributed by atoms with van der Waals surface area (Å²) in [7, 11) is -3.75. The van der Waals surface area contributed by atoms with E-state index in [0.29, 0.717) is 0 Å². The maximum atomic E-state index is 9.62. The van der Waals surface area contributed by atoms with Crippen LogP contribution >= 0.6 is 0 Å². The van der Waals surface area contributed by atoms with Gasteiger partial charge in [0.1, 0.15) is 0 Å². The summed E-state index contributed by atoms with van der Waals surface area (Å²) in [5.41, 5.74) is 1.97. The second kappa shape index (κ2) is 7.30. The zero-order valence-electron chi connectivity index (χ0n) is 18.3. The zero-order chi connectivity index (χ0) is 19.8. The van der Waals surface area contributed by atoms with E-state index < -0.39 is 16.6 Å². The highest BCUT2D eigenvalue weighted by molar-refractivity contribution is 6.74. The lowest BCUT2D eigenvalue weighted by molar-refractivity contribution is 0.0988. The van der Waals surface area contributed by atoms with Gasteiger partial charge in [0.25, 0.3) is 0 Å². The normalized spacial score (nSPS) is 23.6. The molecule has 0 aromatic rings. The van der Waals surface area contributed by atoms with Crippen LogP contribution in [0.3, 0.4) is 0 Å². The van der Waals surface area contributed by atoms with Gasteiger partial charge in [-0.1, -0.05) is 41.5 Å². The minimum Gasteiger partial charge on any atom is -0.413 e. The van der Waals surface area contributed by atoms with Crippen LogP contribution in [0.15, 0.2) is 11.1 Å². The largest absolute Gasteiger partial charge is 0.413 e. The third-order valence-corrected chi connectivity index (χ3v) is 15.5. The van der Waals surface area contributed by atoms with Crippen molar-refractivity contribution in [1.82, 2.24) is 0 Å². The summed E-state index contributed by atoms with van der Waals surface area (Å²) in [6.07, 6.45) is 1.70. The molecule has 0 N–H and O–H groups in total. The first kappa shape index (κ1) is 22.6. The molecule has 1 aliphatic carbocycles. The van der Waals surface area contributed by atoms with E-state index in [4.69, 9.17) is 8.85 Å². The van der Waals surface area contributed by atoms with Gasteiger partial charge in [-0.15, -0.1) is 0 Å². The van der Waals surface area contributed by atoms with Gasteiger partial charge < -0.3 is 8.85 Å². The second-order valence-electron chi connectivity index (χ2n) is 10.6. The molecule has 0 aromatic heterocycles. The Balaban J connectivity index is 3.07. The van der Waals surface area contributed by atoms with Crippen LogP contribution in [0.4, 0.5) is 0 Å². The molecule has 0 spiro atoms. The van der Waals surface area contributed by atoms with Crippen molar-refractivity contribution in [1.29, 1.82) is 5.26 Å². The predicted molar refractivity (Wildman–Crippen MR) is 112 cm³/mol. The SMILES string of the molecule is CC1=C(C#N)CC(O[Si](C)(C)C(C)(C)C)CC1O[Si](C)(C)C(C)(C)C. The highest BCUT2D eigenvalue weighted by atomic mass is 28.4. The van der Waals surface area contributed by atoms with E-state index in [1.165, 1.54) is 0 Å². The first-order valence-electron chi connectivity index (χ1n) is 9.47. The van der Waals surface area contributed by atoms with E-state index in [0.717, 1.165) is 24.0 Å². The Kier molecular flexibility index (Phi) is 6.61.